The minimum absolute atomic E-state index is 0.0291. The Labute approximate surface area is 408 Å². The second-order valence-electron chi connectivity index (χ2n) is 17.2. The van der Waals surface area contributed by atoms with Crippen LogP contribution in [0, 0.1) is 0 Å². The summed E-state index contributed by atoms with van der Waals surface area (Å²) in [4.78, 5) is 67.1. The number of hydrogen-bond donors (Lipinski definition) is 4. The van der Waals surface area contributed by atoms with Gasteiger partial charge in [0.05, 0.1) is 21.3 Å². The molecule has 0 saturated heterocycles. The molecule has 0 radical (unpaired) electrons. The maximum Gasteiger partial charge on any atom is 0.407 e. The average Bonchev–Trinajstić information content (AvgIpc) is 3.69. The summed E-state index contributed by atoms with van der Waals surface area (Å²) < 4.78 is 23.1. The van der Waals surface area contributed by atoms with Crippen molar-refractivity contribution >= 4 is 51.3 Å². The highest BCUT2D eigenvalue weighted by Crippen LogP contribution is 2.49. The Kier molecular flexibility index (Phi) is 16.7. The Morgan fingerprint density at radius 3 is 1.76 bits per heavy atom. The van der Waals surface area contributed by atoms with Crippen molar-refractivity contribution in [3.05, 3.63) is 157 Å². The van der Waals surface area contributed by atoms with Gasteiger partial charge in [0.25, 0.3) is 0 Å². The zero-order valence-corrected chi connectivity index (χ0v) is 40.1. The summed E-state index contributed by atoms with van der Waals surface area (Å²) in [5.41, 5.74) is 7.55. The van der Waals surface area contributed by atoms with E-state index >= 15 is 0 Å². The predicted octanol–water partition coefficient (Wildman–Crippen LogP) is 8.88. The van der Waals surface area contributed by atoms with Gasteiger partial charge in [0, 0.05) is 36.9 Å². The summed E-state index contributed by atoms with van der Waals surface area (Å²) >= 11 is 0. The van der Waals surface area contributed by atoms with E-state index < -0.39 is 47.9 Å². The Morgan fingerprint density at radius 1 is 0.643 bits per heavy atom. The van der Waals surface area contributed by atoms with Gasteiger partial charge in [-0.25, -0.2) is 9.59 Å². The molecule has 0 fully saturated rings. The van der Waals surface area contributed by atoms with Crippen molar-refractivity contribution in [2.24, 2.45) is 0 Å². The summed E-state index contributed by atoms with van der Waals surface area (Å²) in [6.07, 6.45) is 4.25. The van der Waals surface area contributed by atoms with Crippen molar-refractivity contribution in [2.75, 3.05) is 34.5 Å². The first-order valence-electron chi connectivity index (χ1n) is 23.5. The van der Waals surface area contributed by atoms with Crippen LogP contribution in [-0.4, -0.2) is 82.4 Å². The van der Waals surface area contributed by atoms with Crippen LogP contribution in [0.4, 0.5) is 4.79 Å². The highest BCUT2D eigenvalue weighted by Gasteiger charge is 2.32. The molecule has 70 heavy (non-hydrogen) atoms. The van der Waals surface area contributed by atoms with Crippen molar-refractivity contribution in [1.82, 2.24) is 21.3 Å². The average molecular weight is 945 g/mol. The number of carbonyl (C=O) groups excluding carboxylic acids is 5. The summed E-state index contributed by atoms with van der Waals surface area (Å²) in [6, 6.07) is 32.7. The maximum atomic E-state index is 14.6. The normalized spacial score (nSPS) is 12.9. The number of benzene rings is 6. The van der Waals surface area contributed by atoms with Gasteiger partial charge < -0.3 is 40.2 Å². The van der Waals surface area contributed by atoms with E-state index in [1.807, 2.05) is 84.9 Å². The number of alkyl carbamates (subject to hydrolysis) is 1. The quantitative estimate of drug-likeness (QED) is 0.0295. The molecular formula is C57H60N4O9. The number of ether oxygens (including phenoxy) is 4. The van der Waals surface area contributed by atoms with Crippen LogP contribution in [0.25, 0.3) is 43.8 Å². The van der Waals surface area contributed by atoms with Crippen molar-refractivity contribution < 1.29 is 42.9 Å². The van der Waals surface area contributed by atoms with Crippen molar-refractivity contribution in [2.45, 2.75) is 69.5 Å². The highest BCUT2D eigenvalue weighted by atomic mass is 16.5. The molecule has 0 bridgehead atoms. The van der Waals surface area contributed by atoms with E-state index in [1.54, 1.807) is 14.2 Å². The topological polar surface area (TPSA) is 170 Å². The lowest BCUT2D eigenvalue weighted by atomic mass is 9.87. The molecule has 0 heterocycles. The lowest BCUT2D eigenvalue weighted by Gasteiger charge is -2.26. The molecule has 0 aromatic heterocycles. The van der Waals surface area contributed by atoms with Gasteiger partial charge in [0.1, 0.15) is 36.2 Å². The number of amides is 4. The fourth-order valence-corrected chi connectivity index (χ4v) is 9.52. The number of rotatable bonds is 22. The van der Waals surface area contributed by atoms with Gasteiger partial charge in [-0.05, 0) is 99.2 Å². The third-order valence-electron chi connectivity index (χ3n) is 12.7. The summed E-state index contributed by atoms with van der Waals surface area (Å²) in [5.74, 6) is -1.39. The number of methoxy groups -OCH3 is 3. The standard InChI is InChI=1S/C57H60N4O9/c1-7-19-38-31-36-21-9-11-23-40(36)50(52(38)67-4)51-41-24-12-10-22-37(41)32-39(53(51)68-5)33-49(59-35(3)62)55(64)60-47(54(63)61-48(20-8-2)56(65)69-6)29-17-18-30-58-57(66)70-34-46-44-27-15-13-25-42(44)43-26-14-16-28-45(43)46/h7-16,21-28,31-32,46-49H,1-2,17-20,29-30,33-34H2,3-6H3,(H,58,66)(H,59,62)(H,60,64)(H,61,63)/t47-,48-,49?/m0/s1. The van der Waals surface area contributed by atoms with Gasteiger partial charge in [0.2, 0.25) is 17.7 Å². The van der Waals surface area contributed by atoms with E-state index in [4.69, 9.17) is 18.9 Å². The maximum absolute atomic E-state index is 14.6. The molecule has 0 spiro atoms. The first-order chi connectivity index (χ1) is 34.0. The van der Waals surface area contributed by atoms with Gasteiger partial charge in [-0.3, -0.25) is 14.4 Å². The van der Waals surface area contributed by atoms with E-state index in [2.05, 4.69) is 64.8 Å². The van der Waals surface area contributed by atoms with Crippen LogP contribution in [0.3, 0.4) is 0 Å². The molecule has 6 aromatic carbocycles. The fraction of sp³-hybridized carbons (Fsp3) is 0.281. The third-order valence-corrected chi connectivity index (χ3v) is 12.7. The summed E-state index contributed by atoms with van der Waals surface area (Å²) in [7, 11) is 4.42. The van der Waals surface area contributed by atoms with E-state index in [-0.39, 0.29) is 38.3 Å². The molecule has 3 atom stereocenters. The van der Waals surface area contributed by atoms with Crippen molar-refractivity contribution in [3.63, 3.8) is 0 Å². The number of carbonyl (C=O) groups is 5. The number of allylic oxidation sites excluding steroid dienone is 1. The Balaban J connectivity index is 1.12. The lowest BCUT2D eigenvalue weighted by Crippen LogP contribution is -2.56. The van der Waals surface area contributed by atoms with Crippen LogP contribution in [0.2, 0.25) is 0 Å². The second kappa shape index (κ2) is 23.4. The first-order valence-corrected chi connectivity index (χ1v) is 23.5. The lowest BCUT2D eigenvalue weighted by molar-refractivity contribution is -0.145. The largest absolute Gasteiger partial charge is 0.496 e. The number of hydrogen-bond acceptors (Lipinski definition) is 9. The van der Waals surface area contributed by atoms with Crippen LogP contribution < -0.4 is 30.7 Å². The summed E-state index contributed by atoms with van der Waals surface area (Å²) in [6.45, 7) is 9.40. The van der Waals surface area contributed by atoms with Crippen LogP contribution in [0.1, 0.15) is 60.8 Å². The fourth-order valence-electron chi connectivity index (χ4n) is 9.52. The molecule has 6 aromatic rings. The number of unbranched alkanes of at least 4 members (excludes halogenated alkanes) is 1. The molecular weight excluding hydrogens is 885 g/mol. The van der Waals surface area contributed by atoms with E-state index in [0.29, 0.717) is 36.3 Å². The molecule has 13 nitrogen and oxygen atoms in total. The van der Waals surface area contributed by atoms with Crippen LogP contribution >= 0.6 is 0 Å². The monoisotopic (exact) mass is 944 g/mol. The minimum Gasteiger partial charge on any atom is -0.496 e. The molecule has 0 aliphatic heterocycles. The molecule has 1 unspecified atom stereocenters. The van der Waals surface area contributed by atoms with Crippen LogP contribution in [0.15, 0.2) is 135 Å². The Hall–Kier alpha value is -7.93. The van der Waals surface area contributed by atoms with Crippen molar-refractivity contribution in [3.8, 4) is 33.8 Å². The molecule has 7 rings (SSSR count). The highest BCUT2D eigenvalue weighted by molar-refractivity contribution is 6.11. The Morgan fingerprint density at radius 2 is 1.19 bits per heavy atom. The molecule has 1 aliphatic rings. The molecule has 362 valence electrons. The van der Waals surface area contributed by atoms with Gasteiger partial charge in [-0.15, -0.1) is 13.2 Å². The molecule has 4 N–H and O–H groups in total. The van der Waals surface area contributed by atoms with Gasteiger partial charge in [0.15, 0.2) is 0 Å². The number of nitrogens with one attached hydrogen (secondary N) is 4. The van der Waals surface area contributed by atoms with Gasteiger partial charge in [-0.2, -0.15) is 0 Å². The zero-order valence-electron chi connectivity index (χ0n) is 40.1. The number of esters is 1. The molecule has 4 amide bonds. The SMILES string of the molecule is C=CCc1cc2ccccc2c(-c2c(OC)c(CC(NC(C)=O)C(=O)N[C@@H](CCCCNC(=O)OCC3c4ccccc4-c4ccccc43)C(=O)N[C@@H](CC=C)C(=O)OC)cc3ccccc23)c1OC. The predicted molar refractivity (Wildman–Crippen MR) is 273 cm³/mol. The first kappa shape index (κ1) is 50.0. The van der Waals surface area contributed by atoms with Crippen LogP contribution in [-0.2, 0) is 41.5 Å². The Bertz CT molecular complexity index is 2880. The zero-order chi connectivity index (χ0) is 49.7. The minimum atomic E-state index is -1.18. The van der Waals surface area contributed by atoms with E-state index in [9.17, 15) is 24.0 Å². The smallest absolute Gasteiger partial charge is 0.407 e. The summed E-state index contributed by atoms with van der Waals surface area (Å²) in [5, 5.41) is 14.8. The van der Waals surface area contributed by atoms with E-state index in [1.165, 1.54) is 20.1 Å². The van der Waals surface area contributed by atoms with Gasteiger partial charge in [-0.1, -0.05) is 109 Å². The second-order valence-corrected chi connectivity index (χ2v) is 17.2. The third kappa shape index (κ3) is 11.2. The van der Waals surface area contributed by atoms with Crippen molar-refractivity contribution in [1.29, 1.82) is 0 Å². The number of fused-ring (bicyclic) bond motifs is 5. The van der Waals surface area contributed by atoms with Crippen LogP contribution in [0.5, 0.6) is 11.5 Å². The molecule has 0 saturated carbocycles. The molecule has 13 heteroatoms. The molecule has 1 aliphatic carbocycles. The van der Waals surface area contributed by atoms with E-state index in [0.717, 1.165) is 60.5 Å². The van der Waals surface area contributed by atoms with Gasteiger partial charge >= 0.3 is 12.1 Å².